The summed E-state index contributed by atoms with van der Waals surface area (Å²) in [6, 6.07) is 32.2. The third-order valence-corrected chi connectivity index (χ3v) is 7.18. The van der Waals surface area contributed by atoms with E-state index in [1.807, 2.05) is 18.6 Å². The minimum Gasteiger partial charge on any atom is -0.359 e. The largest absolute Gasteiger partial charge is 0.359 e. The van der Waals surface area contributed by atoms with Crippen molar-refractivity contribution >= 4 is 44.7 Å². The first-order valence-corrected chi connectivity index (χ1v) is 13.5. The number of hydrogen-bond donors (Lipinski definition) is 2. The van der Waals surface area contributed by atoms with Crippen molar-refractivity contribution in [3.05, 3.63) is 109 Å². The van der Waals surface area contributed by atoms with E-state index in [1.54, 1.807) is 0 Å². The fourth-order valence-corrected chi connectivity index (χ4v) is 5.21. The van der Waals surface area contributed by atoms with Crippen molar-refractivity contribution in [3.8, 4) is 11.3 Å². The van der Waals surface area contributed by atoms with Crippen LogP contribution in [0.3, 0.4) is 0 Å². The number of aliphatic imine (C=N–C) groups is 2. The molecule has 4 aromatic carbocycles. The van der Waals surface area contributed by atoms with Gasteiger partial charge in [0.25, 0.3) is 0 Å². The zero-order chi connectivity index (χ0) is 25.6. The number of nitrogens with zero attached hydrogens (tertiary/aromatic N) is 2. The molecule has 6 aromatic rings. The van der Waals surface area contributed by atoms with E-state index in [4.69, 9.17) is 0 Å². The van der Waals surface area contributed by atoms with Gasteiger partial charge in [-0.25, -0.2) is 0 Å². The molecular weight excluding hydrogens is 464 g/mol. The number of aromatic nitrogens is 2. The Labute approximate surface area is 223 Å². The lowest BCUT2D eigenvalue weighted by atomic mass is 9.96. The molecule has 0 saturated carbocycles. The Kier molecular flexibility index (Phi) is 7.12. The van der Waals surface area contributed by atoms with E-state index in [2.05, 4.69) is 111 Å². The van der Waals surface area contributed by atoms with Gasteiger partial charge in [0.05, 0.1) is 11.4 Å². The summed E-state index contributed by atoms with van der Waals surface area (Å²) in [5.74, 6) is 0. The zero-order valence-electron chi connectivity index (χ0n) is 21.5. The quantitative estimate of drug-likeness (QED) is 0.108. The standard InChI is InChI=1S/C34H32N4/c1(2-10-20-36-24-34-29-14-6-4-12-26(29)22-37-34)9-19-35-23-27-17-18-33(38-27)32-21-25-11-3-5-13-28(25)30-15-7-8-16-31(30)32/h3-8,11-18,21-24,37-38H,1-2,9-10,19-20H2/b35-23+,36-24+. The summed E-state index contributed by atoms with van der Waals surface area (Å²) in [5.41, 5.74) is 4.49. The number of benzene rings is 4. The molecule has 0 aliphatic heterocycles. The van der Waals surface area contributed by atoms with Crippen LogP contribution in [0.15, 0.2) is 107 Å². The Balaban J connectivity index is 0.985. The van der Waals surface area contributed by atoms with Crippen LogP contribution in [0.2, 0.25) is 0 Å². The van der Waals surface area contributed by atoms with Gasteiger partial charge >= 0.3 is 0 Å². The third kappa shape index (κ3) is 5.16. The van der Waals surface area contributed by atoms with E-state index in [-0.39, 0.29) is 0 Å². The van der Waals surface area contributed by atoms with Gasteiger partial charge in [0.2, 0.25) is 0 Å². The topological polar surface area (TPSA) is 56.3 Å². The van der Waals surface area contributed by atoms with Gasteiger partial charge < -0.3 is 9.97 Å². The van der Waals surface area contributed by atoms with Gasteiger partial charge in [-0.1, -0.05) is 85.6 Å². The average Bonchev–Trinajstić information content (AvgIpc) is 3.61. The van der Waals surface area contributed by atoms with Gasteiger partial charge in [0.15, 0.2) is 0 Å². The van der Waals surface area contributed by atoms with Crippen LogP contribution in [0.25, 0.3) is 43.6 Å². The highest BCUT2D eigenvalue weighted by Gasteiger charge is 2.09. The lowest BCUT2D eigenvalue weighted by Crippen LogP contribution is -1.89. The van der Waals surface area contributed by atoms with E-state index in [1.165, 1.54) is 50.7 Å². The van der Waals surface area contributed by atoms with Gasteiger partial charge in [-0.15, -0.1) is 0 Å². The molecule has 4 heteroatoms. The van der Waals surface area contributed by atoms with Crippen molar-refractivity contribution in [2.24, 2.45) is 9.98 Å². The summed E-state index contributed by atoms with van der Waals surface area (Å²) >= 11 is 0. The molecule has 0 unspecified atom stereocenters. The Morgan fingerprint density at radius 1 is 0.579 bits per heavy atom. The highest BCUT2D eigenvalue weighted by molar-refractivity contribution is 6.13. The summed E-state index contributed by atoms with van der Waals surface area (Å²) in [6.07, 6.45) is 10.5. The molecule has 2 N–H and O–H groups in total. The van der Waals surface area contributed by atoms with Gasteiger partial charge in [-0.05, 0) is 58.0 Å². The van der Waals surface area contributed by atoms with Crippen molar-refractivity contribution in [1.82, 2.24) is 9.97 Å². The SMILES string of the molecule is C(=N\CCCCCC/N=C/c1[nH]cc2ccccc12)/c1ccc(-c2cc3ccccc3c3ccccc23)[nH]1. The first kappa shape index (κ1) is 23.9. The monoisotopic (exact) mass is 496 g/mol. The molecule has 0 spiro atoms. The predicted octanol–water partition coefficient (Wildman–Crippen LogP) is 8.57. The Hall–Kier alpha value is -4.44. The Bertz CT molecular complexity index is 1730. The Morgan fingerprint density at radius 2 is 1.24 bits per heavy atom. The lowest BCUT2D eigenvalue weighted by molar-refractivity contribution is 0.655. The zero-order valence-corrected chi connectivity index (χ0v) is 21.5. The molecule has 0 radical (unpaired) electrons. The van der Waals surface area contributed by atoms with Gasteiger partial charge in [-0.3, -0.25) is 9.98 Å². The maximum Gasteiger partial charge on any atom is 0.0641 e. The van der Waals surface area contributed by atoms with Crippen LogP contribution in [0, 0.1) is 0 Å². The van der Waals surface area contributed by atoms with E-state index in [0.29, 0.717) is 0 Å². The molecule has 0 aliphatic rings. The first-order chi connectivity index (χ1) is 18.9. The molecule has 2 heterocycles. The van der Waals surface area contributed by atoms with Crippen LogP contribution in [0.5, 0.6) is 0 Å². The molecule has 4 nitrogen and oxygen atoms in total. The van der Waals surface area contributed by atoms with Crippen LogP contribution in [-0.2, 0) is 0 Å². The smallest absolute Gasteiger partial charge is 0.0641 e. The molecule has 0 saturated heterocycles. The molecular formula is C34H32N4. The van der Waals surface area contributed by atoms with Crippen LogP contribution in [0.4, 0.5) is 0 Å². The maximum absolute atomic E-state index is 4.67. The average molecular weight is 497 g/mol. The number of hydrogen-bond acceptors (Lipinski definition) is 2. The summed E-state index contributed by atoms with van der Waals surface area (Å²) in [5, 5.41) is 7.56. The molecule has 188 valence electrons. The van der Waals surface area contributed by atoms with Crippen LogP contribution >= 0.6 is 0 Å². The molecule has 0 atom stereocenters. The number of fused-ring (bicyclic) bond motifs is 4. The second-order valence-electron chi connectivity index (χ2n) is 9.79. The second kappa shape index (κ2) is 11.3. The van der Waals surface area contributed by atoms with E-state index >= 15 is 0 Å². The van der Waals surface area contributed by atoms with Crippen molar-refractivity contribution < 1.29 is 0 Å². The molecule has 0 bridgehead atoms. The Morgan fingerprint density at radius 3 is 2.05 bits per heavy atom. The first-order valence-electron chi connectivity index (χ1n) is 13.5. The minimum atomic E-state index is 0.852. The van der Waals surface area contributed by atoms with Crippen molar-refractivity contribution in [3.63, 3.8) is 0 Å². The van der Waals surface area contributed by atoms with Crippen molar-refractivity contribution in [1.29, 1.82) is 0 Å². The third-order valence-electron chi connectivity index (χ3n) is 7.18. The maximum atomic E-state index is 4.67. The number of rotatable bonds is 10. The van der Waals surface area contributed by atoms with E-state index in [9.17, 15) is 0 Å². The van der Waals surface area contributed by atoms with Crippen molar-refractivity contribution in [2.75, 3.05) is 13.1 Å². The van der Waals surface area contributed by atoms with Gasteiger partial charge in [-0.2, -0.15) is 0 Å². The molecule has 6 rings (SSSR count). The van der Waals surface area contributed by atoms with Gasteiger partial charge in [0, 0.05) is 48.4 Å². The second-order valence-corrected chi connectivity index (χ2v) is 9.79. The molecule has 38 heavy (non-hydrogen) atoms. The predicted molar refractivity (Wildman–Crippen MR) is 163 cm³/mol. The number of nitrogens with one attached hydrogen (secondary N) is 2. The summed E-state index contributed by atoms with van der Waals surface area (Å²) in [6.45, 7) is 1.72. The van der Waals surface area contributed by atoms with Crippen LogP contribution < -0.4 is 0 Å². The molecule has 0 fully saturated rings. The lowest BCUT2D eigenvalue weighted by Gasteiger charge is -2.09. The number of H-pyrrole nitrogens is 2. The highest BCUT2D eigenvalue weighted by Crippen LogP contribution is 2.34. The van der Waals surface area contributed by atoms with Crippen LogP contribution in [0.1, 0.15) is 37.1 Å². The van der Waals surface area contributed by atoms with E-state index < -0.39 is 0 Å². The van der Waals surface area contributed by atoms with Crippen LogP contribution in [-0.4, -0.2) is 35.5 Å². The summed E-state index contributed by atoms with van der Waals surface area (Å²) in [4.78, 5) is 16.2. The number of aromatic amines is 2. The fraction of sp³-hybridized carbons (Fsp3) is 0.176. The number of unbranched alkanes of at least 4 members (excludes halogenated alkanes) is 3. The normalized spacial score (nSPS) is 12.1. The fourth-order valence-electron chi connectivity index (χ4n) is 5.21. The molecule has 0 amide bonds. The van der Waals surface area contributed by atoms with Gasteiger partial charge in [0.1, 0.15) is 0 Å². The molecule has 2 aromatic heterocycles. The summed E-state index contributed by atoms with van der Waals surface area (Å²) in [7, 11) is 0. The highest BCUT2D eigenvalue weighted by atomic mass is 14.8. The van der Waals surface area contributed by atoms with Crippen molar-refractivity contribution in [2.45, 2.75) is 25.7 Å². The minimum absolute atomic E-state index is 0.852. The summed E-state index contributed by atoms with van der Waals surface area (Å²) < 4.78 is 0. The molecule has 0 aliphatic carbocycles. The van der Waals surface area contributed by atoms with E-state index in [0.717, 1.165) is 43.0 Å².